The Morgan fingerprint density at radius 2 is 1.82 bits per heavy atom. The van der Waals surface area contributed by atoms with Crippen molar-refractivity contribution >= 4 is 29.1 Å². The summed E-state index contributed by atoms with van der Waals surface area (Å²) in [6.07, 6.45) is 3.20. The number of halogens is 2. The second-order valence-electron chi connectivity index (χ2n) is 7.50. The third-order valence-electron chi connectivity index (χ3n) is 5.32. The predicted octanol–water partition coefficient (Wildman–Crippen LogP) is 6.76. The topological polar surface area (TPSA) is 61.6 Å². The molecule has 0 saturated carbocycles. The Bertz CT molecular complexity index is 1440. The van der Waals surface area contributed by atoms with Gasteiger partial charge in [-0.05, 0) is 66.9 Å². The highest BCUT2D eigenvalue weighted by molar-refractivity contribution is 7.79. The van der Waals surface area contributed by atoms with Crippen LogP contribution in [0.1, 0.15) is 11.1 Å². The molecule has 0 fully saturated rings. The molecule has 0 radical (unpaired) electrons. The van der Waals surface area contributed by atoms with Gasteiger partial charge in [0.25, 0.3) is 0 Å². The van der Waals surface area contributed by atoms with E-state index in [9.17, 15) is 9.18 Å². The predicted molar refractivity (Wildman–Crippen MR) is 134 cm³/mol. The van der Waals surface area contributed by atoms with Crippen molar-refractivity contribution in [2.45, 2.75) is 13.8 Å². The Balaban J connectivity index is 1.94. The molecule has 2 aromatic heterocycles. The number of benzene rings is 2. The van der Waals surface area contributed by atoms with Crippen LogP contribution in [0.15, 0.2) is 70.1 Å². The largest absolute Gasteiger partial charge is 0.460 e. The smallest absolute Gasteiger partial charge is 0.357 e. The number of methoxy groups -OCH3 is 1. The standard InChI is InChI=1S/C26H19ClFNO4S/c1-14-11-20(21(27)12-19(14)16-6-8-18(28)9-7-16)22-24(33-26(34)31-3)15(2)23(32-25(22)30)17-5-4-10-29-13-17/h4-13H,1-3H3. The van der Waals surface area contributed by atoms with Crippen molar-refractivity contribution in [3.63, 3.8) is 0 Å². The lowest BCUT2D eigenvalue weighted by Gasteiger charge is -2.17. The molecule has 0 aliphatic rings. The molecule has 0 N–H and O–H groups in total. The Hall–Kier alpha value is -3.55. The highest BCUT2D eigenvalue weighted by Crippen LogP contribution is 2.41. The Kier molecular flexibility index (Phi) is 6.77. The quantitative estimate of drug-likeness (QED) is 0.292. The van der Waals surface area contributed by atoms with E-state index in [1.807, 2.05) is 6.92 Å². The molecule has 0 spiro atoms. The van der Waals surface area contributed by atoms with Crippen LogP contribution in [0.3, 0.4) is 0 Å². The second kappa shape index (κ2) is 9.75. The van der Waals surface area contributed by atoms with Gasteiger partial charge < -0.3 is 13.9 Å². The molecule has 8 heteroatoms. The summed E-state index contributed by atoms with van der Waals surface area (Å²) in [4.78, 5) is 17.4. The lowest BCUT2D eigenvalue weighted by molar-refractivity contribution is 0.313. The Morgan fingerprint density at radius 3 is 2.47 bits per heavy atom. The summed E-state index contributed by atoms with van der Waals surface area (Å²) in [5.41, 5.74) is 3.41. The highest BCUT2D eigenvalue weighted by Gasteiger charge is 2.25. The fourth-order valence-electron chi connectivity index (χ4n) is 3.67. The van der Waals surface area contributed by atoms with E-state index in [1.54, 1.807) is 55.7 Å². The van der Waals surface area contributed by atoms with Crippen LogP contribution >= 0.6 is 23.8 Å². The maximum atomic E-state index is 13.4. The fourth-order valence-corrected chi connectivity index (χ4v) is 4.02. The zero-order chi connectivity index (χ0) is 24.4. The van der Waals surface area contributed by atoms with Crippen molar-refractivity contribution in [2.75, 3.05) is 7.11 Å². The van der Waals surface area contributed by atoms with Crippen molar-refractivity contribution in [3.05, 3.63) is 93.3 Å². The average Bonchev–Trinajstić information content (AvgIpc) is 2.84. The van der Waals surface area contributed by atoms with Crippen molar-refractivity contribution in [3.8, 4) is 39.3 Å². The van der Waals surface area contributed by atoms with Gasteiger partial charge in [0.05, 0.1) is 7.11 Å². The van der Waals surface area contributed by atoms with Gasteiger partial charge in [-0.3, -0.25) is 4.98 Å². The number of thiocarbonyl (C=S) groups is 1. The summed E-state index contributed by atoms with van der Waals surface area (Å²) in [5.74, 6) is 0.145. The summed E-state index contributed by atoms with van der Waals surface area (Å²) in [7, 11) is 1.37. The minimum Gasteiger partial charge on any atom is -0.460 e. The van der Waals surface area contributed by atoms with Crippen LogP contribution in [-0.4, -0.2) is 17.3 Å². The second-order valence-corrected chi connectivity index (χ2v) is 8.24. The molecular weight excluding hydrogens is 477 g/mol. The molecule has 0 aliphatic carbocycles. The van der Waals surface area contributed by atoms with Crippen LogP contribution in [-0.2, 0) is 4.74 Å². The van der Waals surface area contributed by atoms with Gasteiger partial charge in [-0.15, -0.1) is 0 Å². The van der Waals surface area contributed by atoms with Crippen LogP contribution in [0.5, 0.6) is 5.75 Å². The summed E-state index contributed by atoms with van der Waals surface area (Å²) < 4.78 is 29.9. The molecule has 2 heterocycles. The van der Waals surface area contributed by atoms with Gasteiger partial charge >= 0.3 is 10.9 Å². The number of aryl methyl sites for hydroxylation is 1. The molecule has 0 amide bonds. The Morgan fingerprint density at radius 1 is 1.09 bits per heavy atom. The molecule has 0 bridgehead atoms. The molecule has 0 aliphatic heterocycles. The van der Waals surface area contributed by atoms with Gasteiger partial charge in [-0.1, -0.05) is 23.7 Å². The third kappa shape index (κ3) is 4.58. The summed E-state index contributed by atoms with van der Waals surface area (Å²) in [6.45, 7) is 3.62. The van der Waals surface area contributed by atoms with E-state index in [0.717, 1.165) is 16.7 Å². The number of hydrogen-bond acceptors (Lipinski definition) is 6. The van der Waals surface area contributed by atoms with Crippen LogP contribution in [0.25, 0.3) is 33.6 Å². The first kappa shape index (κ1) is 23.6. The first-order valence-electron chi connectivity index (χ1n) is 10.2. The normalized spacial score (nSPS) is 10.7. The summed E-state index contributed by atoms with van der Waals surface area (Å²) in [5, 5.41) is 0.127. The number of aromatic nitrogens is 1. The molecule has 172 valence electrons. The maximum Gasteiger partial charge on any atom is 0.357 e. The van der Waals surface area contributed by atoms with Gasteiger partial charge in [0.1, 0.15) is 17.1 Å². The monoisotopic (exact) mass is 495 g/mol. The fraction of sp³-hybridized carbons (Fsp3) is 0.115. The average molecular weight is 496 g/mol. The minimum atomic E-state index is -0.658. The van der Waals surface area contributed by atoms with Gasteiger partial charge in [-0.25, -0.2) is 9.18 Å². The van der Waals surface area contributed by atoms with Gasteiger partial charge in [-0.2, -0.15) is 0 Å². The lowest BCUT2D eigenvalue weighted by atomic mass is 9.95. The molecule has 4 aromatic rings. The van der Waals surface area contributed by atoms with E-state index in [2.05, 4.69) is 4.98 Å². The maximum absolute atomic E-state index is 13.4. The zero-order valence-electron chi connectivity index (χ0n) is 18.5. The molecule has 34 heavy (non-hydrogen) atoms. The van der Waals surface area contributed by atoms with Crippen LogP contribution in [0.4, 0.5) is 4.39 Å². The van der Waals surface area contributed by atoms with Crippen LogP contribution in [0.2, 0.25) is 5.02 Å². The van der Waals surface area contributed by atoms with Crippen molar-refractivity contribution < 1.29 is 18.3 Å². The van der Waals surface area contributed by atoms with Crippen molar-refractivity contribution in [1.82, 2.24) is 4.98 Å². The first-order chi connectivity index (χ1) is 16.3. The van der Waals surface area contributed by atoms with Crippen molar-refractivity contribution in [2.24, 2.45) is 0 Å². The van der Waals surface area contributed by atoms with E-state index >= 15 is 0 Å². The SMILES string of the molecule is COC(=S)Oc1c(C)c(-c2cccnc2)oc(=O)c1-c1cc(C)c(-c2ccc(F)cc2)cc1Cl. The molecule has 0 saturated heterocycles. The zero-order valence-corrected chi connectivity index (χ0v) is 20.1. The van der Waals surface area contributed by atoms with Gasteiger partial charge in [0.2, 0.25) is 0 Å². The van der Waals surface area contributed by atoms with E-state index in [4.69, 9.17) is 37.7 Å². The summed E-state index contributed by atoms with van der Waals surface area (Å²) >= 11 is 11.8. The van der Waals surface area contributed by atoms with Crippen molar-refractivity contribution in [1.29, 1.82) is 0 Å². The highest BCUT2D eigenvalue weighted by atomic mass is 35.5. The minimum absolute atomic E-state index is 0.114. The summed E-state index contributed by atoms with van der Waals surface area (Å²) in [6, 6.07) is 13.1. The number of ether oxygens (including phenoxy) is 2. The van der Waals surface area contributed by atoms with Crippen LogP contribution < -0.4 is 10.4 Å². The molecular formula is C26H19ClFNO4S. The first-order valence-corrected chi connectivity index (χ1v) is 11.0. The van der Waals surface area contributed by atoms with Gasteiger partial charge in [0, 0.05) is 46.3 Å². The van der Waals surface area contributed by atoms with E-state index in [1.165, 1.54) is 19.2 Å². The van der Waals surface area contributed by atoms with Crippen LogP contribution in [0, 0.1) is 19.7 Å². The molecule has 5 nitrogen and oxygen atoms in total. The van der Waals surface area contributed by atoms with E-state index in [0.29, 0.717) is 27.5 Å². The number of pyridine rings is 1. The Labute approximate surface area is 205 Å². The number of hydrogen-bond donors (Lipinski definition) is 0. The number of nitrogens with zero attached hydrogens (tertiary/aromatic N) is 1. The lowest BCUT2D eigenvalue weighted by Crippen LogP contribution is -2.15. The van der Waals surface area contributed by atoms with E-state index in [-0.39, 0.29) is 22.4 Å². The van der Waals surface area contributed by atoms with E-state index < -0.39 is 5.63 Å². The number of rotatable bonds is 4. The molecule has 0 atom stereocenters. The molecule has 4 rings (SSSR count). The molecule has 2 aromatic carbocycles. The van der Waals surface area contributed by atoms with Gasteiger partial charge in [0.15, 0.2) is 5.75 Å². The molecule has 0 unspecified atom stereocenters. The third-order valence-corrected chi connectivity index (χ3v) is 5.88.